The Bertz CT molecular complexity index is 1240. The number of furan rings is 1. The van der Waals surface area contributed by atoms with E-state index in [2.05, 4.69) is 5.32 Å². The quantitative estimate of drug-likeness (QED) is 0.200. The van der Waals surface area contributed by atoms with Crippen molar-refractivity contribution in [3.8, 4) is 11.1 Å². The van der Waals surface area contributed by atoms with E-state index in [0.717, 1.165) is 46.8 Å². The predicted octanol–water partition coefficient (Wildman–Crippen LogP) is 7.16. The monoisotopic (exact) mass is 571 g/mol. The van der Waals surface area contributed by atoms with Gasteiger partial charge < -0.3 is 19.6 Å². The fourth-order valence-electron chi connectivity index (χ4n) is 5.55. The number of benzene rings is 2. The Morgan fingerprint density at radius 1 is 1.05 bits per heavy atom. The van der Waals surface area contributed by atoms with Gasteiger partial charge in [0.25, 0.3) is 5.91 Å². The molecular weight excluding hydrogens is 529 g/mol. The summed E-state index contributed by atoms with van der Waals surface area (Å²) < 4.78 is 12.2. The molecule has 2 N–H and O–H groups in total. The summed E-state index contributed by atoms with van der Waals surface area (Å²) in [6.07, 6.45) is 12.5. The standard InChI is InChI=1S/C33H41NO5S.Li.H/c1-23-9-6-7-12-26(23)28-21-25(14-16-27(28)32(35)34-29(33(36)37)18-20-40-2)22-39-31(30-13-8-19-38-30)17-15-24-10-4-3-5-11-24;;/h6-9,12-14,16,19,21,24,29,31H,3-5,10-11,15,17-18,20,22H2,1-2H3,(H,34,35)(H,36,37);;. The Balaban J connectivity index is 0.00000462. The van der Waals surface area contributed by atoms with E-state index in [0.29, 0.717) is 24.3 Å². The molecule has 0 saturated heterocycles. The summed E-state index contributed by atoms with van der Waals surface area (Å²) in [7, 11) is 0. The van der Waals surface area contributed by atoms with Crippen LogP contribution in [-0.2, 0) is 16.1 Å². The average molecular weight is 572 g/mol. The van der Waals surface area contributed by atoms with Crippen LogP contribution >= 0.6 is 11.8 Å². The van der Waals surface area contributed by atoms with Crippen molar-refractivity contribution in [1.29, 1.82) is 0 Å². The molecule has 1 aliphatic rings. The number of carboxylic acids is 1. The van der Waals surface area contributed by atoms with Crippen LogP contribution in [0, 0.1) is 12.8 Å². The van der Waals surface area contributed by atoms with Crippen LogP contribution in [0.1, 0.15) is 84.7 Å². The topological polar surface area (TPSA) is 88.8 Å². The molecule has 1 saturated carbocycles. The minimum absolute atomic E-state index is 0. The molecule has 0 radical (unpaired) electrons. The number of thioether (sulfide) groups is 1. The molecule has 0 bridgehead atoms. The molecule has 1 amide bonds. The van der Waals surface area contributed by atoms with Crippen molar-refractivity contribution < 1.29 is 23.8 Å². The zero-order chi connectivity index (χ0) is 28.3. The molecule has 2 aromatic carbocycles. The van der Waals surface area contributed by atoms with Crippen LogP contribution in [-0.4, -0.2) is 53.9 Å². The first-order chi connectivity index (χ1) is 19.5. The second kappa shape index (κ2) is 16.9. The molecular formula is C33H42LiNO5S. The van der Waals surface area contributed by atoms with Crippen molar-refractivity contribution in [2.24, 2.45) is 5.92 Å². The van der Waals surface area contributed by atoms with E-state index in [1.54, 1.807) is 24.1 Å². The van der Waals surface area contributed by atoms with Gasteiger partial charge >= 0.3 is 24.8 Å². The number of hydrogen-bond acceptors (Lipinski definition) is 5. The molecule has 1 aromatic heterocycles. The van der Waals surface area contributed by atoms with Gasteiger partial charge in [0.15, 0.2) is 0 Å². The fourth-order valence-corrected chi connectivity index (χ4v) is 6.02. The van der Waals surface area contributed by atoms with E-state index in [4.69, 9.17) is 9.15 Å². The number of ether oxygens (including phenoxy) is 1. The number of aryl methyl sites for hydroxylation is 1. The Hall–Kier alpha value is -2.43. The summed E-state index contributed by atoms with van der Waals surface area (Å²) in [6.45, 7) is 2.39. The number of nitrogens with one attached hydrogen (secondary N) is 1. The third-order valence-electron chi connectivity index (χ3n) is 7.85. The number of amides is 1. The van der Waals surface area contributed by atoms with Crippen molar-refractivity contribution in [2.45, 2.75) is 77.0 Å². The Morgan fingerprint density at radius 3 is 2.51 bits per heavy atom. The molecule has 6 nitrogen and oxygen atoms in total. The average Bonchev–Trinajstić information content (AvgIpc) is 3.51. The summed E-state index contributed by atoms with van der Waals surface area (Å²) >= 11 is 1.56. The number of carbonyl (C=O) groups excluding carboxylic acids is 1. The third-order valence-corrected chi connectivity index (χ3v) is 8.50. The van der Waals surface area contributed by atoms with Gasteiger partial charge in [-0.3, -0.25) is 4.79 Å². The predicted molar refractivity (Wildman–Crippen MR) is 168 cm³/mol. The van der Waals surface area contributed by atoms with E-state index in [9.17, 15) is 14.7 Å². The summed E-state index contributed by atoms with van der Waals surface area (Å²) in [4.78, 5) is 25.2. The normalized spacial score (nSPS) is 15.1. The van der Waals surface area contributed by atoms with Crippen LogP contribution < -0.4 is 5.32 Å². The van der Waals surface area contributed by atoms with Gasteiger partial charge in [-0.05, 0) is 90.6 Å². The Morgan fingerprint density at radius 2 is 1.83 bits per heavy atom. The Labute approximate surface area is 260 Å². The molecule has 8 heteroatoms. The van der Waals surface area contributed by atoms with Crippen molar-refractivity contribution in [2.75, 3.05) is 12.0 Å². The molecule has 4 rings (SSSR count). The summed E-state index contributed by atoms with van der Waals surface area (Å²) in [6, 6.07) is 16.5. The fraction of sp³-hybridized carbons (Fsp3) is 0.455. The van der Waals surface area contributed by atoms with Gasteiger partial charge in [-0.2, -0.15) is 11.8 Å². The molecule has 2 unspecified atom stereocenters. The van der Waals surface area contributed by atoms with Crippen LogP contribution in [0.3, 0.4) is 0 Å². The minimum atomic E-state index is -1.03. The molecule has 1 fully saturated rings. The van der Waals surface area contributed by atoms with Crippen molar-refractivity contribution in [3.63, 3.8) is 0 Å². The summed E-state index contributed by atoms with van der Waals surface area (Å²) in [5, 5.41) is 12.4. The molecule has 1 heterocycles. The first kappa shape index (κ1) is 33.1. The van der Waals surface area contributed by atoms with Crippen molar-refractivity contribution in [3.05, 3.63) is 83.3 Å². The second-order valence-electron chi connectivity index (χ2n) is 10.7. The maximum absolute atomic E-state index is 13.4. The molecule has 3 aromatic rings. The van der Waals surface area contributed by atoms with E-state index in [1.807, 2.05) is 61.7 Å². The SMILES string of the molecule is CSCCC(NC(=O)c1ccc(COC(CCC2CCCCC2)c2ccco2)cc1-c1ccccc1C)C(=O)O.[LiH]. The molecule has 1 aliphatic carbocycles. The second-order valence-corrected chi connectivity index (χ2v) is 11.7. The van der Waals surface area contributed by atoms with Crippen molar-refractivity contribution in [1.82, 2.24) is 5.32 Å². The van der Waals surface area contributed by atoms with E-state index >= 15 is 0 Å². The number of hydrogen-bond donors (Lipinski definition) is 2. The molecule has 2 atom stereocenters. The zero-order valence-corrected chi connectivity index (χ0v) is 24.4. The van der Waals surface area contributed by atoms with Crippen LogP contribution in [0.5, 0.6) is 0 Å². The molecule has 41 heavy (non-hydrogen) atoms. The molecule has 0 aliphatic heterocycles. The van der Waals surface area contributed by atoms with Gasteiger partial charge in [-0.1, -0.05) is 62.4 Å². The van der Waals surface area contributed by atoms with Crippen LogP contribution in [0.4, 0.5) is 0 Å². The Kier molecular flexibility index (Phi) is 13.6. The first-order valence-electron chi connectivity index (χ1n) is 14.3. The third kappa shape index (κ3) is 9.54. The van der Waals surface area contributed by atoms with Gasteiger partial charge in [-0.25, -0.2) is 4.79 Å². The van der Waals surface area contributed by atoms with Crippen LogP contribution in [0.25, 0.3) is 11.1 Å². The first-order valence-corrected chi connectivity index (χ1v) is 15.7. The van der Waals surface area contributed by atoms with Crippen molar-refractivity contribution >= 4 is 42.5 Å². The van der Waals surface area contributed by atoms with E-state index < -0.39 is 12.0 Å². The van der Waals surface area contributed by atoms with Gasteiger partial charge in [0.05, 0.1) is 12.9 Å². The van der Waals surface area contributed by atoms with Gasteiger partial charge in [0.1, 0.15) is 17.9 Å². The summed E-state index contributed by atoms with van der Waals surface area (Å²) in [5.41, 5.74) is 4.13. The number of aliphatic carboxylic acids is 1. The van der Waals surface area contributed by atoms with Gasteiger partial charge in [0, 0.05) is 5.56 Å². The summed E-state index contributed by atoms with van der Waals surface area (Å²) in [5.74, 6) is 0.833. The zero-order valence-electron chi connectivity index (χ0n) is 23.6. The van der Waals surface area contributed by atoms with E-state index in [1.165, 1.54) is 32.1 Å². The number of carbonyl (C=O) groups is 2. The number of carboxylic acid groups (broad SMARTS) is 1. The molecule has 0 spiro atoms. The van der Waals surface area contributed by atoms with Gasteiger partial charge in [0.2, 0.25) is 0 Å². The number of rotatable bonds is 14. The maximum atomic E-state index is 13.4. The van der Waals surface area contributed by atoms with Gasteiger partial charge in [-0.15, -0.1) is 0 Å². The van der Waals surface area contributed by atoms with Crippen LogP contribution in [0.15, 0.2) is 65.3 Å². The molecule has 216 valence electrons. The van der Waals surface area contributed by atoms with E-state index in [-0.39, 0.29) is 30.9 Å². The van der Waals surface area contributed by atoms with Crippen LogP contribution in [0.2, 0.25) is 0 Å².